The summed E-state index contributed by atoms with van der Waals surface area (Å²) in [7, 11) is 0. The molecule has 0 heterocycles. The van der Waals surface area contributed by atoms with Crippen LogP contribution in [0.1, 0.15) is 53.9 Å². The molecule has 3 N–H and O–H groups in total. The van der Waals surface area contributed by atoms with Crippen LogP contribution >= 0.6 is 0 Å². The number of primary amides is 1. The van der Waals surface area contributed by atoms with Crippen LogP contribution in [-0.2, 0) is 9.59 Å². The van der Waals surface area contributed by atoms with Gasteiger partial charge in [0.25, 0.3) is 0 Å². The second kappa shape index (κ2) is 7.39. The molecule has 18 heavy (non-hydrogen) atoms. The average Bonchev–Trinajstić information content (AvgIpc) is 2.21. The van der Waals surface area contributed by atoms with E-state index in [2.05, 4.69) is 12.2 Å². The minimum absolute atomic E-state index is 0.0649. The first-order chi connectivity index (χ1) is 8.25. The van der Waals surface area contributed by atoms with Gasteiger partial charge in [-0.25, -0.2) is 0 Å². The molecule has 0 spiro atoms. The molecule has 0 aliphatic rings. The molecule has 0 aliphatic carbocycles. The highest BCUT2D eigenvalue weighted by Gasteiger charge is 2.40. The Hall–Kier alpha value is -1.06. The number of hydrogen-bond donors (Lipinski definition) is 2. The van der Waals surface area contributed by atoms with Crippen molar-refractivity contribution in [3.8, 4) is 0 Å². The Labute approximate surface area is 111 Å². The number of carbonyl (C=O) groups is 2. The molecule has 0 bridgehead atoms. The Morgan fingerprint density at radius 2 is 1.78 bits per heavy atom. The van der Waals surface area contributed by atoms with Gasteiger partial charge < -0.3 is 11.1 Å². The Bertz CT molecular complexity index is 282. The maximum atomic E-state index is 12.2. The molecular formula is C14H28N2O2. The van der Waals surface area contributed by atoms with Crippen LogP contribution in [0.15, 0.2) is 0 Å². The predicted molar refractivity (Wildman–Crippen MR) is 73.8 cm³/mol. The molecule has 4 nitrogen and oxygen atoms in total. The topological polar surface area (TPSA) is 72.2 Å². The monoisotopic (exact) mass is 256 g/mol. The lowest BCUT2D eigenvalue weighted by Gasteiger charge is -2.34. The fraction of sp³-hybridized carbons (Fsp3) is 0.857. The molecule has 2 atom stereocenters. The summed E-state index contributed by atoms with van der Waals surface area (Å²) in [6.45, 7) is 10.5. The molecule has 0 aromatic heterocycles. The third-order valence-electron chi connectivity index (χ3n) is 3.20. The highest BCUT2D eigenvalue weighted by atomic mass is 16.2. The predicted octanol–water partition coefficient (Wildman–Crippen LogP) is 2.08. The van der Waals surface area contributed by atoms with E-state index in [1.807, 2.05) is 27.7 Å². The highest BCUT2D eigenvalue weighted by molar-refractivity contribution is 5.87. The van der Waals surface area contributed by atoms with Gasteiger partial charge in [-0.2, -0.15) is 0 Å². The van der Waals surface area contributed by atoms with Crippen LogP contribution in [0, 0.1) is 17.3 Å². The Morgan fingerprint density at radius 1 is 1.22 bits per heavy atom. The average molecular weight is 256 g/mol. The first-order valence-electron chi connectivity index (χ1n) is 6.82. The fourth-order valence-electron chi connectivity index (χ4n) is 2.36. The quantitative estimate of drug-likeness (QED) is 0.732. The first-order valence-corrected chi connectivity index (χ1v) is 6.82. The largest absolute Gasteiger partial charge is 0.369 e. The third-order valence-corrected chi connectivity index (χ3v) is 3.20. The van der Waals surface area contributed by atoms with E-state index >= 15 is 0 Å². The van der Waals surface area contributed by atoms with Crippen molar-refractivity contribution in [2.24, 2.45) is 23.0 Å². The summed E-state index contributed by atoms with van der Waals surface area (Å²) < 4.78 is 0. The lowest BCUT2D eigenvalue weighted by molar-refractivity contribution is -0.137. The van der Waals surface area contributed by atoms with Gasteiger partial charge in [-0.3, -0.25) is 9.59 Å². The van der Waals surface area contributed by atoms with Crippen molar-refractivity contribution in [1.82, 2.24) is 5.32 Å². The van der Waals surface area contributed by atoms with Gasteiger partial charge in [-0.05, 0) is 18.8 Å². The summed E-state index contributed by atoms with van der Waals surface area (Å²) in [5.74, 6) is -1.17. The van der Waals surface area contributed by atoms with Crippen molar-refractivity contribution in [3.63, 3.8) is 0 Å². The summed E-state index contributed by atoms with van der Waals surface area (Å²) in [6, 6.07) is 0. The zero-order chi connectivity index (χ0) is 14.3. The molecule has 1 unspecified atom stereocenters. The Balaban J connectivity index is 5.11. The van der Waals surface area contributed by atoms with Gasteiger partial charge in [0.2, 0.25) is 11.8 Å². The normalized spacial score (nSPS) is 14.9. The molecular weight excluding hydrogens is 228 g/mol. The SMILES string of the molecule is CCCC[C@H](C(N)=O)C(C(=O)NCC)C(C)(C)C. The van der Waals surface area contributed by atoms with Gasteiger partial charge in [0.05, 0.1) is 5.92 Å². The van der Waals surface area contributed by atoms with Gasteiger partial charge in [-0.15, -0.1) is 0 Å². The molecule has 0 aliphatic heterocycles. The van der Waals surface area contributed by atoms with Crippen molar-refractivity contribution in [1.29, 1.82) is 0 Å². The zero-order valence-electron chi connectivity index (χ0n) is 12.4. The number of rotatable bonds is 7. The van der Waals surface area contributed by atoms with Crippen LogP contribution in [0.4, 0.5) is 0 Å². The van der Waals surface area contributed by atoms with Crippen LogP contribution in [0.2, 0.25) is 0 Å². The molecule has 2 amide bonds. The molecule has 4 heteroatoms. The van der Waals surface area contributed by atoms with Crippen molar-refractivity contribution in [2.75, 3.05) is 6.54 Å². The molecule has 0 aromatic rings. The van der Waals surface area contributed by atoms with Crippen molar-refractivity contribution in [3.05, 3.63) is 0 Å². The maximum Gasteiger partial charge on any atom is 0.224 e. The number of nitrogens with one attached hydrogen (secondary N) is 1. The minimum Gasteiger partial charge on any atom is -0.369 e. The number of amides is 2. The minimum atomic E-state index is -0.378. The molecule has 0 radical (unpaired) electrons. The molecule has 106 valence electrons. The number of carbonyl (C=O) groups excluding carboxylic acids is 2. The van der Waals surface area contributed by atoms with E-state index in [-0.39, 0.29) is 29.1 Å². The molecule has 0 saturated heterocycles. The van der Waals surface area contributed by atoms with E-state index < -0.39 is 0 Å². The van der Waals surface area contributed by atoms with Gasteiger partial charge in [0.1, 0.15) is 0 Å². The van der Waals surface area contributed by atoms with Crippen molar-refractivity contribution in [2.45, 2.75) is 53.9 Å². The van der Waals surface area contributed by atoms with E-state index in [9.17, 15) is 9.59 Å². The van der Waals surface area contributed by atoms with E-state index in [0.717, 1.165) is 12.8 Å². The van der Waals surface area contributed by atoms with Crippen molar-refractivity contribution < 1.29 is 9.59 Å². The summed E-state index contributed by atoms with van der Waals surface area (Å²) in [5.41, 5.74) is 5.22. The maximum absolute atomic E-state index is 12.2. The number of hydrogen-bond acceptors (Lipinski definition) is 2. The van der Waals surface area contributed by atoms with Gasteiger partial charge >= 0.3 is 0 Å². The smallest absolute Gasteiger partial charge is 0.224 e. The lowest BCUT2D eigenvalue weighted by Crippen LogP contribution is -2.46. The summed E-state index contributed by atoms with van der Waals surface area (Å²) in [5, 5.41) is 2.82. The summed E-state index contributed by atoms with van der Waals surface area (Å²) in [6.07, 6.45) is 2.60. The Morgan fingerprint density at radius 3 is 2.11 bits per heavy atom. The number of unbranched alkanes of at least 4 members (excludes halogenated alkanes) is 1. The highest BCUT2D eigenvalue weighted by Crippen LogP contribution is 2.35. The lowest BCUT2D eigenvalue weighted by atomic mass is 9.70. The second-order valence-electron chi connectivity index (χ2n) is 5.89. The summed E-state index contributed by atoms with van der Waals surface area (Å²) >= 11 is 0. The fourth-order valence-corrected chi connectivity index (χ4v) is 2.36. The van der Waals surface area contributed by atoms with E-state index in [1.165, 1.54) is 0 Å². The van der Waals surface area contributed by atoms with Crippen LogP contribution in [-0.4, -0.2) is 18.4 Å². The van der Waals surface area contributed by atoms with E-state index in [4.69, 9.17) is 5.73 Å². The van der Waals surface area contributed by atoms with E-state index in [1.54, 1.807) is 0 Å². The van der Waals surface area contributed by atoms with Crippen LogP contribution in [0.25, 0.3) is 0 Å². The summed E-state index contributed by atoms with van der Waals surface area (Å²) in [4.78, 5) is 23.8. The van der Waals surface area contributed by atoms with Crippen LogP contribution in [0.3, 0.4) is 0 Å². The van der Waals surface area contributed by atoms with Crippen molar-refractivity contribution >= 4 is 11.8 Å². The third kappa shape index (κ3) is 5.07. The van der Waals surface area contributed by atoms with Crippen LogP contribution < -0.4 is 11.1 Å². The molecule has 0 saturated carbocycles. The van der Waals surface area contributed by atoms with Gasteiger partial charge in [0, 0.05) is 12.5 Å². The molecule has 0 aromatic carbocycles. The Kier molecular flexibility index (Phi) is 6.96. The molecule has 0 rings (SSSR count). The standard InChI is InChI=1S/C14H28N2O2/c1-6-8-9-10(12(15)17)11(14(3,4)5)13(18)16-7-2/h10-11H,6-9H2,1-5H3,(H2,15,17)(H,16,18)/t10-,11?/m0/s1. The van der Waals surface area contributed by atoms with Gasteiger partial charge in [-0.1, -0.05) is 40.5 Å². The second-order valence-corrected chi connectivity index (χ2v) is 5.89. The van der Waals surface area contributed by atoms with E-state index in [0.29, 0.717) is 13.0 Å². The van der Waals surface area contributed by atoms with Gasteiger partial charge in [0.15, 0.2) is 0 Å². The number of nitrogens with two attached hydrogens (primary N) is 1. The van der Waals surface area contributed by atoms with Crippen LogP contribution in [0.5, 0.6) is 0 Å². The molecule has 0 fully saturated rings. The first kappa shape index (κ1) is 16.9. The zero-order valence-corrected chi connectivity index (χ0v) is 12.4.